The van der Waals surface area contributed by atoms with Crippen LogP contribution >= 0.6 is 0 Å². The minimum absolute atomic E-state index is 0.549. The lowest BCUT2D eigenvalue weighted by Crippen LogP contribution is -2.39. The summed E-state index contributed by atoms with van der Waals surface area (Å²) >= 11 is 0. The Labute approximate surface area is 85.5 Å². The number of hydrogen-bond acceptors (Lipinski definition) is 6. The lowest BCUT2D eigenvalue weighted by molar-refractivity contribution is -0.150. The molecule has 0 aliphatic rings. The fraction of sp³-hybridized carbons (Fsp3) is 0.714. The fourth-order valence-corrected chi connectivity index (χ4v) is 0.669. The maximum absolute atomic E-state index is 11.1. The number of aliphatic hydroxyl groups is 1. The van der Waals surface area contributed by atoms with Gasteiger partial charge in [0.25, 0.3) is 0 Å². The van der Waals surface area contributed by atoms with E-state index in [-0.39, 0.29) is 0 Å². The molecule has 8 heteroatoms. The number of carbonyl (C=O) groups is 2. The van der Waals surface area contributed by atoms with Gasteiger partial charge in [-0.2, -0.15) is 0 Å². The van der Waals surface area contributed by atoms with Crippen molar-refractivity contribution in [1.29, 1.82) is 0 Å². The van der Waals surface area contributed by atoms with E-state index in [9.17, 15) is 9.59 Å². The van der Waals surface area contributed by atoms with Gasteiger partial charge in [-0.15, -0.1) is 0 Å². The van der Waals surface area contributed by atoms with Crippen molar-refractivity contribution in [2.24, 2.45) is 10.8 Å². The number of aliphatic hydroxyl groups excluding tert-OH is 1. The van der Waals surface area contributed by atoms with E-state index < -0.39 is 36.7 Å². The zero-order chi connectivity index (χ0) is 12.0. The zero-order valence-corrected chi connectivity index (χ0v) is 8.03. The van der Waals surface area contributed by atoms with Gasteiger partial charge in [-0.05, 0) is 6.92 Å². The van der Waals surface area contributed by atoms with Crippen LogP contribution in [0, 0.1) is 0 Å². The molecule has 3 atom stereocenters. The molecule has 4 N–H and O–H groups in total. The molecule has 0 aromatic rings. The van der Waals surface area contributed by atoms with E-state index in [0.29, 0.717) is 0 Å². The highest BCUT2D eigenvalue weighted by molar-refractivity contribution is 5.78. The first-order valence-corrected chi connectivity index (χ1v) is 4.07. The van der Waals surface area contributed by atoms with Gasteiger partial charge in [-0.25, -0.2) is 4.79 Å². The molecule has 0 saturated carbocycles. The average molecular weight is 218 g/mol. The molecule has 0 aliphatic heterocycles. The topological polar surface area (TPSA) is 145 Å². The molecule has 8 nitrogen and oxygen atoms in total. The highest BCUT2D eigenvalue weighted by Gasteiger charge is 2.23. The summed E-state index contributed by atoms with van der Waals surface area (Å²) in [7, 11) is 0. The maximum atomic E-state index is 11.1. The van der Waals surface area contributed by atoms with Crippen LogP contribution in [-0.2, 0) is 14.3 Å². The summed E-state index contributed by atoms with van der Waals surface area (Å²) in [5.41, 5.74) is 13.4. The van der Waals surface area contributed by atoms with Gasteiger partial charge < -0.3 is 31.3 Å². The van der Waals surface area contributed by atoms with Crippen molar-refractivity contribution >= 4 is 11.9 Å². The minimum atomic E-state index is -1.45. The summed E-state index contributed by atoms with van der Waals surface area (Å²) in [6.45, 7) is 0.676. The predicted molar refractivity (Wildman–Crippen MR) is 47.8 cm³/mol. The lowest BCUT2D eigenvalue weighted by atomic mass is 10.2. The lowest BCUT2D eigenvalue weighted by Gasteiger charge is -2.17. The first-order valence-electron chi connectivity index (χ1n) is 4.07. The molecule has 86 valence electrons. The summed E-state index contributed by atoms with van der Waals surface area (Å²) < 4.78 is 4.42. The van der Waals surface area contributed by atoms with Crippen LogP contribution in [0.5, 0.6) is 0 Å². The number of hydrogen-bond donors (Lipinski definition) is 3. The molecule has 0 aromatic heterocycles. The van der Waals surface area contributed by atoms with Gasteiger partial charge in [0.1, 0.15) is 12.6 Å². The average Bonchev–Trinajstić information content (AvgIpc) is 2.14. The number of carboxylic acid groups (broad SMARTS) is 1. The Morgan fingerprint density at radius 3 is 2.47 bits per heavy atom. The number of esters is 1. The third-order valence-corrected chi connectivity index (χ3v) is 1.55. The Morgan fingerprint density at radius 2 is 2.13 bits per heavy atom. The first-order chi connectivity index (χ1) is 6.90. The molecule has 0 fully saturated rings. The van der Waals surface area contributed by atoms with Gasteiger partial charge in [0, 0.05) is 0 Å². The van der Waals surface area contributed by atoms with Crippen molar-refractivity contribution in [3.8, 4) is 0 Å². The molecular formula is C7H12N3O5-. The molecule has 0 bridgehead atoms. The Morgan fingerprint density at radius 1 is 1.60 bits per heavy atom. The summed E-state index contributed by atoms with van der Waals surface area (Å²) in [5, 5.41) is 19.9. The Hall–Kier alpha value is -1.54. The molecule has 0 spiro atoms. The monoisotopic (exact) mass is 218 g/mol. The van der Waals surface area contributed by atoms with Crippen LogP contribution in [0.25, 0.3) is 5.53 Å². The number of carbonyl (C=O) groups excluding carboxylic acids is 1. The van der Waals surface area contributed by atoms with Crippen molar-refractivity contribution in [3.63, 3.8) is 0 Å². The molecule has 0 aliphatic carbocycles. The van der Waals surface area contributed by atoms with Crippen LogP contribution in [0.4, 0.5) is 0 Å². The van der Waals surface area contributed by atoms with Gasteiger partial charge in [0.15, 0.2) is 6.04 Å². The SMILES string of the molecule is CC(O)C(N=[N-])C(=O)OCC(N)C(=O)O. The van der Waals surface area contributed by atoms with Crippen LogP contribution < -0.4 is 5.73 Å². The van der Waals surface area contributed by atoms with E-state index in [1.165, 1.54) is 6.92 Å². The molecule has 0 amide bonds. The second kappa shape index (κ2) is 6.04. The quantitative estimate of drug-likeness (QED) is 0.373. The second-order valence-electron chi connectivity index (χ2n) is 2.88. The smallest absolute Gasteiger partial charge is 0.331 e. The van der Waals surface area contributed by atoms with Crippen LogP contribution in [0.3, 0.4) is 0 Å². The molecule has 0 radical (unpaired) electrons. The van der Waals surface area contributed by atoms with Crippen LogP contribution in [-0.4, -0.2) is 46.9 Å². The first kappa shape index (κ1) is 13.5. The van der Waals surface area contributed by atoms with E-state index >= 15 is 0 Å². The molecule has 0 aromatic carbocycles. The van der Waals surface area contributed by atoms with Gasteiger partial charge in [-0.3, -0.25) is 4.79 Å². The number of aliphatic carboxylic acids is 1. The van der Waals surface area contributed by atoms with Crippen LogP contribution in [0.15, 0.2) is 5.11 Å². The third kappa shape index (κ3) is 4.47. The van der Waals surface area contributed by atoms with Gasteiger partial charge in [0.05, 0.1) is 6.10 Å². The van der Waals surface area contributed by atoms with Crippen LogP contribution in [0.1, 0.15) is 6.92 Å². The number of carboxylic acids is 1. The number of nitrogens with two attached hydrogens (primary N) is 1. The Kier molecular flexibility index (Phi) is 5.42. The molecule has 0 heterocycles. The van der Waals surface area contributed by atoms with E-state index in [1.54, 1.807) is 0 Å². The Balaban J connectivity index is 4.13. The molecule has 15 heavy (non-hydrogen) atoms. The number of rotatable bonds is 6. The van der Waals surface area contributed by atoms with E-state index in [4.69, 9.17) is 21.5 Å². The Bertz CT molecular complexity index is 255. The van der Waals surface area contributed by atoms with E-state index in [0.717, 1.165) is 0 Å². The summed E-state index contributed by atoms with van der Waals surface area (Å²) in [5.74, 6) is -2.36. The largest absolute Gasteiger partial charge is 0.711 e. The summed E-state index contributed by atoms with van der Waals surface area (Å²) in [6.07, 6.45) is -1.23. The maximum Gasteiger partial charge on any atom is 0.331 e. The fourth-order valence-electron chi connectivity index (χ4n) is 0.669. The molecule has 3 unspecified atom stereocenters. The van der Waals surface area contributed by atoms with Crippen molar-refractivity contribution in [2.45, 2.75) is 25.1 Å². The van der Waals surface area contributed by atoms with Crippen molar-refractivity contribution in [2.75, 3.05) is 6.61 Å². The van der Waals surface area contributed by atoms with Gasteiger partial charge >= 0.3 is 11.9 Å². The van der Waals surface area contributed by atoms with Crippen LogP contribution in [0.2, 0.25) is 0 Å². The molecule has 0 rings (SSSR count). The standard InChI is InChI=1S/C7H12N3O5/c1-3(11)5(10-9)7(14)15-2-4(8)6(12)13/h3-5,11H,2,8H2,1H3,(H,12,13)/q-1. The highest BCUT2D eigenvalue weighted by atomic mass is 16.5. The molecular weight excluding hydrogens is 206 g/mol. The second-order valence-corrected chi connectivity index (χ2v) is 2.88. The third-order valence-electron chi connectivity index (χ3n) is 1.55. The number of nitrogens with zero attached hydrogens (tertiary/aromatic N) is 2. The van der Waals surface area contributed by atoms with Crippen molar-refractivity contribution in [3.05, 3.63) is 5.53 Å². The zero-order valence-electron chi connectivity index (χ0n) is 8.03. The van der Waals surface area contributed by atoms with Gasteiger partial charge in [0.2, 0.25) is 0 Å². The minimum Gasteiger partial charge on any atom is -0.711 e. The van der Waals surface area contributed by atoms with Crippen molar-refractivity contribution in [1.82, 2.24) is 0 Å². The van der Waals surface area contributed by atoms with Gasteiger partial charge in [-0.1, -0.05) is 0 Å². The number of ether oxygens (including phenoxy) is 1. The summed E-state index contributed by atoms with van der Waals surface area (Å²) in [6, 6.07) is -2.80. The summed E-state index contributed by atoms with van der Waals surface area (Å²) in [4.78, 5) is 21.3. The highest BCUT2D eigenvalue weighted by Crippen LogP contribution is 2.01. The molecule has 0 saturated heterocycles. The van der Waals surface area contributed by atoms with Crippen molar-refractivity contribution < 1.29 is 24.5 Å². The van der Waals surface area contributed by atoms with E-state index in [2.05, 4.69) is 9.85 Å². The normalized spacial score (nSPS) is 16.2. The predicted octanol–water partition coefficient (Wildman–Crippen LogP) is -1.29. The van der Waals surface area contributed by atoms with E-state index in [1.807, 2.05) is 0 Å².